The predicted octanol–water partition coefficient (Wildman–Crippen LogP) is 0.495. The van der Waals surface area contributed by atoms with Crippen LogP contribution in [0.15, 0.2) is 41.6 Å². The monoisotopic (exact) mass is 707 g/mol. The van der Waals surface area contributed by atoms with Crippen molar-refractivity contribution in [1.82, 2.24) is 10.2 Å². The number of likely N-dealkylation sites (tertiary alicyclic amines) is 1. The van der Waals surface area contributed by atoms with E-state index >= 15 is 0 Å². The molecule has 1 aromatic carbocycles. The number of thioether (sulfide) groups is 1. The van der Waals surface area contributed by atoms with E-state index in [0.29, 0.717) is 13.1 Å². The molecule has 4 unspecified atom stereocenters. The second-order valence-corrected chi connectivity index (χ2v) is 13.3. The summed E-state index contributed by atoms with van der Waals surface area (Å²) in [5.74, 6) is -2.39. The van der Waals surface area contributed by atoms with Gasteiger partial charge in [-0.05, 0) is 50.3 Å². The summed E-state index contributed by atoms with van der Waals surface area (Å²) in [6, 6.07) is 1.80. The molecule has 0 aromatic heterocycles. The molecule has 0 spiro atoms. The molecule has 2 fully saturated rings. The van der Waals surface area contributed by atoms with Crippen LogP contribution in [0, 0.1) is 0 Å². The van der Waals surface area contributed by atoms with Crippen LogP contribution in [0.25, 0.3) is 0 Å². The molecule has 3 aliphatic rings. The first-order chi connectivity index (χ1) is 23.5. The van der Waals surface area contributed by atoms with E-state index in [1.54, 1.807) is 36.1 Å². The third-order valence-corrected chi connectivity index (χ3v) is 9.40. The van der Waals surface area contributed by atoms with E-state index in [0.717, 1.165) is 37.1 Å². The number of hydrogen-bond acceptors (Lipinski definition) is 14. The average molecular weight is 708 g/mol. The van der Waals surface area contributed by atoms with Gasteiger partial charge in [-0.25, -0.2) is 4.79 Å². The van der Waals surface area contributed by atoms with Gasteiger partial charge in [0, 0.05) is 32.0 Å². The highest BCUT2D eigenvalue weighted by atomic mass is 32.2. The van der Waals surface area contributed by atoms with Crippen LogP contribution in [0.3, 0.4) is 0 Å². The normalized spacial score (nSPS) is 30.4. The number of aliphatic hydroxyl groups excluding tert-OH is 4. The summed E-state index contributed by atoms with van der Waals surface area (Å²) in [7, 11) is 0. The molecular formula is C33H45N3O12S. The maximum absolute atomic E-state index is 13.2. The van der Waals surface area contributed by atoms with E-state index in [1.165, 1.54) is 6.07 Å². The van der Waals surface area contributed by atoms with Crippen molar-refractivity contribution >= 4 is 35.3 Å². The maximum Gasteiger partial charge on any atom is 0.342 e. The number of carbonyl (C=O) groups excluding carboxylic acids is 3. The van der Waals surface area contributed by atoms with Gasteiger partial charge in [0.1, 0.15) is 53.0 Å². The van der Waals surface area contributed by atoms with Crippen molar-refractivity contribution in [3.8, 4) is 11.5 Å². The minimum absolute atomic E-state index is 0.0855. The summed E-state index contributed by atoms with van der Waals surface area (Å²) < 4.78 is 11.0. The van der Waals surface area contributed by atoms with Crippen molar-refractivity contribution in [2.24, 2.45) is 5.16 Å². The number of carbonyl (C=O) groups is 3. The Morgan fingerprint density at radius 3 is 2.55 bits per heavy atom. The van der Waals surface area contributed by atoms with E-state index in [9.17, 15) is 45.0 Å². The molecule has 7 N–H and O–H groups in total. The number of esters is 1. The number of oxime groups is 1. The lowest BCUT2D eigenvalue weighted by atomic mass is 9.99. The molecule has 2 amide bonds. The fourth-order valence-electron chi connectivity index (χ4n) is 5.64. The first-order valence-corrected chi connectivity index (χ1v) is 17.3. The molecule has 49 heavy (non-hydrogen) atoms. The van der Waals surface area contributed by atoms with E-state index < -0.39 is 66.2 Å². The average Bonchev–Trinajstić information content (AvgIpc) is 3.06. The van der Waals surface area contributed by atoms with Crippen LogP contribution in [0.4, 0.5) is 0 Å². The fraction of sp³-hybridized carbons (Fsp3) is 0.576. The zero-order valence-corrected chi connectivity index (χ0v) is 28.0. The molecule has 0 radical (unpaired) electrons. The number of nitrogens with one attached hydrogen (secondary N) is 1. The van der Waals surface area contributed by atoms with E-state index in [2.05, 4.69) is 10.5 Å². The van der Waals surface area contributed by atoms with E-state index in [1.807, 2.05) is 0 Å². The molecule has 15 nitrogen and oxygen atoms in total. The molecule has 1 aromatic rings. The molecule has 270 valence electrons. The second-order valence-electron chi connectivity index (χ2n) is 12.2. The Morgan fingerprint density at radius 1 is 1.06 bits per heavy atom. The number of hydrogen-bond donors (Lipinski definition) is 7. The zero-order chi connectivity index (χ0) is 35.5. The number of phenolic OH excluding ortho intramolecular Hbond substituents is 2. The van der Waals surface area contributed by atoms with Crippen LogP contribution in [0.1, 0.15) is 54.9 Å². The summed E-state index contributed by atoms with van der Waals surface area (Å²) in [6.45, 7) is 2.07. The Balaban J connectivity index is 1.50. The smallest absolute Gasteiger partial charge is 0.342 e. The Hall–Kier alpha value is -3.67. The predicted molar refractivity (Wildman–Crippen MR) is 178 cm³/mol. The number of aliphatic hydroxyl groups is 4. The van der Waals surface area contributed by atoms with Gasteiger partial charge in [0.05, 0.1) is 24.1 Å². The summed E-state index contributed by atoms with van der Waals surface area (Å²) in [5.41, 5.74) is -0.744. The molecular weight excluding hydrogens is 662 g/mol. The lowest BCUT2D eigenvalue weighted by Gasteiger charge is -2.39. The SMILES string of the molecule is C[C@@H]1C/C=C/[C@H](NC(=O)CS[C@@H]2OC(CO)C(O)C(O)C2O)C/C=C/C(=N\OCC(=O)N2CCCCC2)Cc2cc(O)cc(O)c2C(=O)O1. The minimum atomic E-state index is -1.56. The highest BCUT2D eigenvalue weighted by Crippen LogP contribution is 2.30. The number of benzene rings is 1. The molecule has 3 aliphatic heterocycles. The van der Waals surface area contributed by atoms with Gasteiger partial charge < -0.3 is 55.2 Å². The summed E-state index contributed by atoms with van der Waals surface area (Å²) in [4.78, 5) is 45.9. The topological polar surface area (TPSA) is 228 Å². The van der Waals surface area contributed by atoms with Crippen molar-refractivity contribution in [2.45, 2.75) is 87.4 Å². The zero-order valence-electron chi connectivity index (χ0n) is 27.2. The Labute approximate surface area is 288 Å². The summed E-state index contributed by atoms with van der Waals surface area (Å²) in [6.07, 6.45) is 3.85. The summed E-state index contributed by atoms with van der Waals surface area (Å²) in [5, 5.41) is 67.6. The summed E-state index contributed by atoms with van der Waals surface area (Å²) >= 11 is 0.900. The molecule has 0 aliphatic carbocycles. The van der Waals surface area contributed by atoms with Crippen LogP contribution in [0.2, 0.25) is 0 Å². The molecule has 0 bridgehead atoms. The maximum atomic E-state index is 13.2. The largest absolute Gasteiger partial charge is 0.508 e. The third kappa shape index (κ3) is 10.9. The first-order valence-electron chi connectivity index (χ1n) is 16.2. The fourth-order valence-corrected chi connectivity index (χ4v) is 6.62. The number of amides is 2. The third-order valence-electron chi connectivity index (χ3n) is 8.26. The van der Waals surface area contributed by atoms with Crippen molar-refractivity contribution in [2.75, 3.05) is 32.1 Å². The minimum Gasteiger partial charge on any atom is -0.508 e. The number of piperidine rings is 1. The number of aromatic hydroxyl groups is 2. The van der Waals surface area contributed by atoms with Gasteiger partial charge >= 0.3 is 5.97 Å². The quantitative estimate of drug-likeness (QED) is 0.111. The number of nitrogens with zero attached hydrogens (tertiary/aromatic N) is 2. The van der Waals surface area contributed by atoms with Crippen LogP contribution in [-0.4, -0.2) is 133 Å². The number of cyclic esters (lactones) is 1. The number of ether oxygens (including phenoxy) is 2. The second kappa shape index (κ2) is 18.4. The lowest BCUT2D eigenvalue weighted by molar-refractivity contribution is -0.205. The van der Waals surface area contributed by atoms with Gasteiger partial charge in [-0.1, -0.05) is 23.4 Å². The van der Waals surface area contributed by atoms with Gasteiger partial charge in [-0.15, -0.1) is 11.8 Å². The Kier molecular flexibility index (Phi) is 14.3. The lowest BCUT2D eigenvalue weighted by Crippen LogP contribution is -2.57. The molecule has 16 heteroatoms. The van der Waals surface area contributed by atoms with E-state index in [-0.39, 0.29) is 60.1 Å². The van der Waals surface area contributed by atoms with Crippen LogP contribution < -0.4 is 5.32 Å². The van der Waals surface area contributed by atoms with Crippen molar-refractivity contribution in [3.63, 3.8) is 0 Å². The molecule has 0 saturated carbocycles. The van der Waals surface area contributed by atoms with Crippen LogP contribution >= 0.6 is 11.8 Å². The Bertz CT molecular complexity index is 1400. The van der Waals surface area contributed by atoms with Gasteiger partial charge in [0.2, 0.25) is 5.91 Å². The molecule has 4 rings (SSSR count). The molecule has 3 heterocycles. The number of rotatable bonds is 8. The van der Waals surface area contributed by atoms with Gasteiger partial charge in [0.25, 0.3) is 5.91 Å². The van der Waals surface area contributed by atoms with Gasteiger partial charge in [-0.3, -0.25) is 9.59 Å². The van der Waals surface area contributed by atoms with Crippen LogP contribution in [-0.2, 0) is 30.3 Å². The van der Waals surface area contributed by atoms with Crippen molar-refractivity contribution in [3.05, 3.63) is 47.6 Å². The highest BCUT2D eigenvalue weighted by molar-refractivity contribution is 8.00. The van der Waals surface area contributed by atoms with Gasteiger partial charge in [0.15, 0.2) is 6.61 Å². The first kappa shape index (κ1) is 38.1. The highest BCUT2D eigenvalue weighted by Gasteiger charge is 2.43. The van der Waals surface area contributed by atoms with Crippen LogP contribution in [0.5, 0.6) is 11.5 Å². The number of allylic oxidation sites excluding steroid dienone is 1. The number of fused-ring (bicyclic) bond motifs is 1. The standard InChI is InChI=1S/C33H45N3O12S/c1-19-7-5-8-21(34-26(40)18-49-33-31(44)30(43)29(42)25(16-37)48-33)9-6-10-22(35-46-17-27(41)36-11-3-2-4-12-36)13-20-14-23(38)15-24(39)28(20)32(45)47-19/h5-6,8,10,14-15,19,21,25,29-31,33,37-39,42-44H,2-4,7,9,11-13,16-18H2,1H3,(H,34,40)/b8-5+,10-6+,35-22+/t19-,21+,25?,29?,30?,31?,33+/m1/s1. The molecule has 2 saturated heterocycles. The van der Waals surface area contributed by atoms with Gasteiger partial charge in [-0.2, -0.15) is 0 Å². The van der Waals surface area contributed by atoms with E-state index in [4.69, 9.17) is 14.3 Å². The van der Waals surface area contributed by atoms with Crippen molar-refractivity contribution < 1.29 is 59.3 Å². The number of phenols is 2. The van der Waals surface area contributed by atoms with Crippen molar-refractivity contribution in [1.29, 1.82) is 0 Å². The Morgan fingerprint density at radius 2 is 1.82 bits per heavy atom. The molecule has 7 atom stereocenters.